The Morgan fingerprint density at radius 2 is 0.557 bits per heavy atom. The molecule has 360 valence electrons. The first-order valence-corrected chi connectivity index (χ1v) is 27.6. The number of aromatic hydroxyl groups is 1. The lowest BCUT2D eigenvalue weighted by Gasteiger charge is -2.33. The maximum Gasteiger partial charge on any atom is 0.124 e. The molecule has 1 N–H and O–H groups in total. The lowest BCUT2D eigenvalue weighted by molar-refractivity contribution is 0.167. The van der Waals surface area contributed by atoms with Crippen LogP contribution < -0.4 is 0 Å². The minimum atomic E-state index is 0.598. The second-order valence-electron chi connectivity index (χ2n) is 20.3. The summed E-state index contributed by atoms with van der Waals surface area (Å²) in [6.07, 6.45) is 31.0. The summed E-state index contributed by atoms with van der Waals surface area (Å²) < 4.78 is 0. The van der Waals surface area contributed by atoms with Crippen LogP contribution >= 0.6 is 0 Å². The van der Waals surface area contributed by atoms with Gasteiger partial charge in [0.1, 0.15) is 5.75 Å². The zero-order valence-corrected chi connectivity index (χ0v) is 43.7. The van der Waals surface area contributed by atoms with Gasteiger partial charge in [0, 0.05) is 70.0 Å². The molecule has 0 fully saturated rings. The highest BCUT2D eigenvalue weighted by molar-refractivity contribution is 5.44. The quantitative estimate of drug-likeness (QED) is 0.0710. The summed E-state index contributed by atoms with van der Waals surface area (Å²) in [5.41, 5.74) is 3.82. The van der Waals surface area contributed by atoms with Crippen molar-refractivity contribution >= 4 is 0 Å². The van der Waals surface area contributed by atoms with Gasteiger partial charge in [-0.3, -0.25) is 14.7 Å². The van der Waals surface area contributed by atoms with E-state index in [0.29, 0.717) is 29.4 Å². The standard InChI is InChI=1S/C57H111N3O/c1-13-25-31-48(19-7)39-58(40-49(20-8)32-26-14-2)45-54-37-55(46-59(41-50(21-9)33-27-15-3)42-51(22-10)34-28-16-4)57(61)56(38-54)47-60(43-52(23-11)35-29-17-5)44-53(24-12)36-30-18-6/h37-38,48-53,61H,13-36,39-47H2,1-12H3. The van der Waals surface area contributed by atoms with Crippen molar-refractivity contribution in [2.45, 2.75) is 257 Å². The largest absolute Gasteiger partial charge is 0.507 e. The van der Waals surface area contributed by atoms with Crippen molar-refractivity contribution in [3.05, 3.63) is 28.8 Å². The number of unbranched alkanes of at least 4 members (excludes halogenated alkanes) is 6. The van der Waals surface area contributed by atoms with Gasteiger partial charge >= 0.3 is 0 Å². The molecule has 0 radical (unpaired) electrons. The van der Waals surface area contributed by atoms with Gasteiger partial charge in [-0.2, -0.15) is 0 Å². The number of benzene rings is 1. The van der Waals surface area contributed by atoms with Gasteiger partial charge in [-0.1, -0.05) is 199 Å². The third-order valence-electron chi connectivity index (χ3n) is 14.9. The van der Waals surface area contributed by atoms with Crippen LogP contribution in [0.4, 0.5) is 0 Å². The van der Waals surface area contributed by atoms with Gasteiger partial charge < -0.3 is 5.11 Å². The van der Waals surface area contributed by atoms with E-state index in [1.165, 1.54) is 184 Å². The van der Waals surface area contributed by atoms with Crippen molar-refractivity contribution in [3.8, 4) is 5.75 Å². The Morgan fingerprint density at radius 1 is 0.344 bits per heavy atom. The average Bonchev–Trinajstić information content (AvgIpc) is 3.27. The maximum absolute atomic E-state index is 12.7. The lowest BCUT2D eigenvalue weighted by Crippen LogP contribution is -2.35. The number of hydrogen-bond donors (Lipinski definition) is 1. The van der Waals surface area contributed by atoms with Gasteiger partial charge in [0.05, 0.1) is 0 Å². The van der Waals surface area contributed by atoms with Crippen LogP contribution in [0, 0.1) is 35.5 Å². The van der Waals surface area contributed by atoms with Gasteiger partial charge in [-0.25, -0.2) is 0 Å². The molecule has 6 atom stereocenters. The van der Waals surface area contributed by atoms with Crippen molar-refractivity contribution in [1.82, 2.24) is 14.7 Å². The van der Waals surface area contributed by atoms with E-state index in [1.54, 1.807) is 0 Å². The third-order valence-corrected chi connectivity index (χ3v) is 14.9. The highest BCUT2D eigenvalue weighted by atomic mass is 16.3. The second-order valence-corrected chi connectivity index (χ2v) is 20.3. The maximum atomic E-state index is 12.7. The van der Waals surface area contributed by atoms with Crippen LogP contribution in [0.1, 0.15) is 254 Å². The average molecular weight is 855 g/mol. The Morgan fingerprint density at radius 3 is 0.754 bits per heavy atom. The molecule has 61 heavy (non-hydrogen) atoms. The molecular weight excluding hydrogens is 743 g/mol. The summed E-state index contributed by atoms with van der Waals surface area (Å²) in [7, 11) is 0. The first-order chi connectivity index (χ1) is 29.6. The molecule has 0 saturated heterocycles. The Kier molecular flexibility index (Phi) is 35.3. The van der Waals surface area contributed by atoms with E-state index in [0.717, 1.165) is 57.6 Å². The van der Waals surface area contributed by atoms with E-state index < -0.39 is 0 Å². The molecule has 6 unspecified atom stereocenters. The molecule has 1 aromatic carbocycles. The monoisotopic (exact) mass is 854 g/mol. The van der Waals surface area contributed by atoms with E-state index in [9.17, 15) is 5.11 Å². The predicted octanol–water partition coefficient (Wildman–Crippen LogP) is 17.1. The van der Waals surface area contributed by atoms with Crippen molar-refractivity contribution in [2.24, 2.45) is 35.5 Å². The minimum Gasteiger partial charge on any atom is -0.507 e. The van der Waals surface area contributed by atoms with Crippen LogP contribution in [-0.4, -0.2) is 59.1 Å². The van der Waals surface area contributed by atoms with Gasteiger partial charge in [-0.15, -0.1) is 0 Å². The van der Waals surface area contributed by atoms with Crippen molar-refractivity contribution in [1.29, 1.82) is 0 Å². The van der Waals surface area contributed by atoms with Gasteiger partial charge in [0.2, 0.25) is 0 Å². The Bertz CT molecular complexity index is 1020. The fourth-order valence-corrected chi connectivity index (χ4v) is 10.2. The van der Waals surface area contributed by atoms with E-state index >= 15 is 0 Å². The van der Waals surface area contributed by atoms with Crippen molar-refractivity contribution in [3.63, 3.8) is 0 Å². The molecule has 0 aliphatic carbocycles. The zero-order valence-electron chi connectivity index (χ0n) is 43.7. The molecule has 0 aromatic heterocycles. The van der Waals surface area contributed by atoms with Crippen LogP contribution in [0.5, 0.6) is 5.75 Å². The smallest absolute Gasteiger partial charge is 0.124 e. The number of phenols is 1. The first-order valence-electron chi connectivity index (χ1n) is 27.6. The molecule has 0 heterocycles. The summed E-state index contributed by atoms with van der Waals surface area (Å²) in [4.78, 5) is 8.48. The fraction of sp³-hybridized carbons (Fsp3) is 0.895. The molecule has 1 rings (SSSR count). The van der Waals surface area contributed by atoms with E-state index in [-0.39, 0.29) is 0 Å². The number of rotatable bonds is 42. The van der Waals surface area contributed by atoms with E-state index in [2.05, 4.69) is 110 Å². The predicted molar refractivity (Wildman–Crippen MR) is 274 cm³/mol. The highest BCUT2D eigenvalue weighted by Crippen LogP contribution is 2.32. The van der Waals surface area contributed by atoms with Crippen LogP contribution in [0.3, 0.4) is 0 Å². The minimum absolute atomic E-state index is 0.598. The number of nitrogens with zero attached hydrogens (tertiary/aromatic N) is 3. The normalized spacial score (nSPS) is 15.2. The SMILES string of the molecule is CCCCC(CC)CN(Cc1cc(CN(CC(CC)CCCC)CC(CC)CCCC)c(O)c(CN(CC(CC)CCCC)CC(CC)CCCC)c1)CC(CC)CCCC. The van der Waals surface area contributed by atoms with Crippen LogP contribution in [0.25, 0.3) is 0 Å². The molecule has 0 bridgehead atoms. The van der Waals surface area contributed by atoms with Crippen LogP contribution in [0.2, 0.25) is 0 Å². The molecule has 4 nitrogen and oxygen atoms in total. The fourth-order valence-electron chi connectivity index (χ4n) is 10.2. The van der Waals surface area contributed by atoms with Crippen LogP contribution in [0.15, 0.2) is 12.1 Å². The molecule has 0 aliphatic heterocycles. The Balaban J connectivity index is 3.97. The molecule has 1 aromatic rings. The van der Waals surface area contributed by atoms with Crippen molar-refractivity contribution < 1.29 is 5.11 Å². The van der Waals surface area contributed by atoms with Gasteiger partial charge in [0.15, 0.2) is 0 Å². The third kappa shape index (κ3) is 25.3. The van der Waals surface area contributed by atoms with Gasteiger partial charge in [0.25, 0.3) is 0 Å². The molecule has 4 heteroatoms. The first kappa shape index (κ1) is 57.9. The molecule has 0 aliphatic rings. The number of hydrogen-bond acceptors (Lipinski definition) is 4. The highest BCUT2D eigenvalue weighted by Gasteiger charge is 2.25. The van der Waals surface area contributed by atoms with Crippen LogP contribution in [-0.2, 0) is 19.6 Å². The molecule has 0 spiro atoms. The van der Waals surface area contributed by atoms with E-state index in [4.69, 9.17) is 0 Å². The summed E-state index contributed by atoms with van der Waals surface area (Å²) in [5, 5.41) is 12.7. The zero-order chi connectivity index (χ0) is 45.3. The lowest BCUT2D eigenvalue weighted by atomic mass is 9.93. The summed E-state index contributed by atoms with van der Waals surface area (Å²) >= 11 is 0. The second kappa shape index (κ2) is 37.2. The number of phenolic OH excluding ortho intramolecular Hbond substituents is 1. The Labute approximate surface area is 384 Å². The summed E-state index contributed by atoms with van der Waals surface area (Å²) in [6.45, 7) is 38.3. The van der Waals surface area contributed by atoms with Crippen molar-refractivity contribution in [2.75, 3.05) is 39.3 Å². The molecule has 0 saturated carbocycles. The molecular formula is C57H111N3O. The van der Waals surface area contributed by atoms with E-state index in [1.807, 2.05) is 0 Å². The van der Waals surface area contributed by atoms with Gasteiger partial charge in [-0.05, 0) is 91.7 Å². The topological polar surface area (TPSA) is 30.0 Å². The Hall–Kier alpha value is -1.10. The summed E-state index contributed by atoms with van der Waals surface area (Å²) in [6, 6.07) is 4.96. The molecule has 0 amide bonds. The summed E-state index contributed by atoms with van der Waals surface area (Å²) in [5.74, 6) is 4.95.